The van der Waals surface area contributed by atoms with E-state index in [2.05, 4.69) is 15.5 Å². The molecule has 1 aromatic heterocycles. The van der Waals surface area contributed by atoms with E-state index < -0.39 is 0 Å². The van der Waals surface area contributed by atoms with Gasteiger partial charge in [0.15, 0.2) is 5.82 Å². The molecule has 2 unspecified atom stereocenters. The van der Waals surface area contributed by atoms with Crippen LogP contribution >= 0.6 is 0 Å². The number of nitrogens with one attached hydrogen (secondary N) is 2. The van der Waals surface area contributed by atoms with Crippen molar-refractivity contribution in [2.75, 3.05) is 19.8 Å². The van der Waals surface area contributed by atoms with Crippen LogP contribution in [0.2, 0.25) is 0 Å². The summed E-state index contributed by atoms with van der Waals surface area (Å²) in [7, 11) is 0. The third kappa shape index (κ3) is 1.58. The largest absolute Gasteiger partial charge is 0.379 e. The number of H-pyrrole nitrogens is 1. The fourth-order valence-corrected chi connectivity index (χ4v) is 2.55. The first-order chi connectivity index (χ1) is 7.86. The molecular weight excluding hydrogens is 208 g/mol. The van der Waals surface area contributed by atoms with Crippen molar-refractivity contribution in [3.63, 3.8) is 0 Å². The average molecular weight is 224 g/mol. The van der Waals surface area contributed by atoms with E-state index in [4.69, 9.17) is 4.74 Å². The van der Waals surface area contributed by atoms with Crippen LogP contribution in [0.15, 0.2) is 4.79 Å². The number of hydrogen-bond donors (Lipinski definition) is 2. The molecular formula is C10H16N4O2. The van der Waals surface area contributed by atoms with Gasteiger partial charge in [-0.25, -0.2) is 9.89 Å². The standard InChI is InChI=1S/C10H16N4O2/c15-10-13-12-9(8-2-1-4-11-8)14(10)7-3-5-16-6-7/h7-8,11H,1-6H2,(H,13,15). The third-order valence-corrected chi connectivity index (χ3v) is 3.37. The van der Waals surface area contributed by atoms with Crippen molar-refractivity contribution < 1.29 is 4.74 Å². The van der Waals surface area contributed by atoms with Crippen LogP contribution in [0.5, 0.6) is 0 Å². The van der Waals surface area contributed by atoms with E-state index in [1.54, 1.807) is 4.57 Å². The number of aromatic nitrogens is 3. The molecule has 0 radical (unpaired) electrons. The SMILES string of the molecule is O=c1[nH]nc(C2CCCN2)n1C1CCOC1. The first-order valence-corrected chi connectivity index (χ1v) is 5.84. The summed E-state index contributed by atoms with van der Waals surface area (Å²) >= 11 is 0. The van der Waals surface area contributed by atoms with E-state index in [9.17, 15) is 4.79 Å². The van der Waals surface area contributed by atoms with Crippen LogP contribution in [0.4, 0.5) is 0 Å². The molecule has 2 aliphatic heterocycles. The fourth-order valence-electron chi connectivity index (χ4n) is 2.55. The lowest BCUT2D eigenvalue weighted by Crippen LogP contribution is -2.27. The van der Waals surface area contributed by atoms with Gasteiger partial charge in [-0.3, -0.25) is 4.57 Å². The number of hydrogen-bond acceptors (Lipinski definition) is 4. The summed E-state index contributed by atoms with van der Waals surface area (Å²) in [6, 6.07) is 0.378. The van der Waals surface area contributed by atoms with Crippen molar-refractivity contribution in [3.05, 3.63) is 16.3 Å². The summed E-state index contributed by atoms with van der Waals surface area (Å²) in [5.74, 6) is 0.845. The maximum absolute atomic E-state index is 11.7. The molecule has 0 aromatic carbocycles. The van der Waals surface area contributed by atoms with Gasteiger partial charge in [0.05, 0.1) is 18.7 Å². The van der Waals surface area contributed by atoms with Crippen molar-refractivity contribution in [3.8, 4) is 0 Å². The minimum Gasteiger partial charge on any atom is -0.379 e. The van der Waals surface area contributed by atoms with Crippen LogP contribution in [-0.2, 0) is 4.74 Å². The van der Waals surface area contributed by atoms with E-state index in [0.717, 1.165) is 38.2 Å². The molecule has 6 nitrogen and oxygen atoms in total. The molecule has 0 spiro atoms. The normalized spacial score (nSPS) is 30.0. The maximum atomic E-state index is 11.7. The van der Waals surface area contributed by atoms with Gasteiger partial charge < -0.3 is 10.1 Å². The molecule has 2 saturated heterocycles. The lowest BCUT2D eigenvalue weighted by Gasteiger charge is -2.15. The molecule has 2 atom stereocenters. The summed E-state index contributed by atoms with van der Waals surface area (Å²) in [6.07, 6.45) is 3.10. The minimum atomic E-state index is -0.112. The molecule has 2 N–H and O–H groups in total. The lowest BCUT2D eigenvalue weighted by atomic mass is 10.2. The molecule has 1 aromatic rings. The second-order valence-electron chi connectivity index (χ2n) is 4.42. The number of ether oxygens (including phenoxy) is 1. The second-order valence-corrected chi connectivity index (χ2v) is 4.42. The summed E-state index contributed by atoms with van der Waals surface area (Å²) in [5, 5.41) is 10.1. The topological polar surface area (TPSA) is 71.9 Å². The van der Waals surface area contributed by atoms with E-state index >= 15 is 0 Å². The predicted octanol–water partition coefficient (Wildman–Crippen LogP) is -0.0427. The highest BCUT2D eigenvalue weighted by Gasteiger charge is 2.28. The van der Waals surface area contributed by atoms with Gasteiger partial charge in [-0.2, -0.15) is 5.10 Å². The molecule has 2 fully saturated rings. The Bertz CT molecular complexity index is 413. The smallest absolute Gasteiger partial charge is 0.343 e. The minimum absolute atomic E-state index is 0.112. The molecule has 16 heavy (non-hydrogen) atoms. The Kier molecular flexibility index (Phi) is 2.53. The van der Waals surface area contributed by atoms with Gasteiger partial charge in [-0.15, -0.1) is 0 Å². The Morgan fingerprint density at radius 3 is 3.06 bits per heavy atom. The van der Waals surface area contributed by atoms with Crippen molar-refractivity contribution in [1.29, 1.82) is 0 Å². The highest BCUT2D eigenvalue weighted by atomic mass is 16.5. The first-order valence-electron chi connectivity index (χ1n) is 5.84. The van der Waals surface area contributed by atoms with Gasteiger partial charge in [0.1, 0.15) is 0 Å². The summed E-state index contributed by atoms with van der Waals surface area (Å²) in [4.78, 5) is 11.7. The van der Waals surface area contributed by atoms with Crippen LogP contribution in [0.1, 0.15) is 37.2 Å². The van der Waals surface area contributed by atoms with E-state index in [-0.39, 0.29) is 17.8 Å². The molecule has 0 bridgehead atoms. The number of rotatable bonds is 2. The molecule has 0 aliphatic carbocycles. The Morgan fingerprint density at radius 1 is 1.44 bits per heavy atom. The maximum Gasteiger partial charge on any atom is 0.343 e. The van der Waals surface area contributed by atoms with E-state index in [0.29, 0.717) is 6.61 Å². The van der Waals surface area contributed by atoms with Gasteiger partial charge in [-0.1, -0.05) is 0 Å². The average Bonchev–Trinajstić information content (AvgIpc) is 2.96. The van der Waals surface area contributed by atoms with Gasteiger partial charge in [0.25, 0.3) is 0 Å². The fraction of sp³-hybridized carbons (Fsp3) is 0.800. The number of aromatic amines is 1. The Morgan fingerprint density at radius 2 is 2.38 bits per heavy atom. The first kappa shape index (κ1) is 10.0. The van der Waals surface area contributed by atoms with Crippen molar-refractivity contribution in [1.82, 2.24) is 20.1 Å². The number of nitrogens with zero attached hydrogens (tertiary/aromatic N) is 2. The lowest BCUT2D eigenvalue weighted by molar-refractivity contribution is 0.185. The van der Waals surface area contributed by atoms with Crippen LogP contribution in [0.25, 0.3) is 0 Å². The van der Waals surface area contributed by atoms with Gasteiger partial charge in [0, 0.05) is 6.61 Å². The van der Waals surface area contributed by atoms with E-state index in [1.807, 2.05) is 0 Å². The van der Waals surface area contributed by atoms with E-state index in [1.165, 1.54) is 0 Å². The Balaban J connectivity index is 1.95. The Labute approximate surface area is 93.0 Å². The molecule has 0 saturated carbocycles. The van der Waals surface area contributed by atoms with Gasteiger partial charge >= 0.3 is 5.69 Å². The Hall–Kier alpha value is -1.14. The molecule has 88 valence electrons. The molecule has 3 heterocycles. The zero-order valence-electron chi connectivity index (χ0n) is 9.11. The van der Waals surface area contributed by atoms with Crippen LogP contribution in [-0.4, -0.2) is 34.5 Å². The third-order valence-electron chi connectivity index (χ3n) is 3.37. The zero-order valence-corrected chi connectivity index (χ0v) is 9.11. The van der Waals surface area contributed by atoms with Gasteiger partial charge in [0.2, 0.25) is 0 Å². The summed E-state index contributed by atoms with van der Waals surface area (Å²) in [6.45, 7) is 2.37. The zero-order chi connectivity index (χ0) is 11.0. The molecule has 2 aliphatic rings. The summed E-state index contributed by atoms with van der Waals surface area (Å²) < 4.78 is 7.11. The van der Waals surface area contributed by atoms with Crippen LogP contribution in [0.3, 0.4) is 0 Å². The quantitative estimate of drug-likeness (QED) is 0.739. The summed E-state index contributed by atoms with van der Waals surface area (Å²) in [5.41, 5.74) is -0.112. The highest BCUT2D eigenvalue weighted by molar-refractivity contribution is 5.00. The monoisotopic (exact) mass is 224 g/mol. The van der Waals surface area contributed by atoms with Gasteiger partial charge in [-0.05, 0) is 25.8 Å². The molecule has 0 amide bonds. The second kappa shape index (κ2) is 4.03. The highest BCUT2D eigenvalue weighted by Crippen LogP contribution is 2.25. The van der Waals surface area contributed by atoms with Crippen molar-refractivity contribution in [2.45, 2.75) is 31.3 Å². The van der Waals surface area contributed by atoms with Crippen LogP contribution < -0.4 is 11.0 Å². The van der Waals surface area contributed by atoms with Crippen molar-refractivity contribution >= 4 is 0 Å². The van der Waals surface area contributed by atoms with Crippen LogP contribution in [0, 0.1) is 0 Å². The molecule has 6 heteroatoms. The van der Waals surface area contributed by atoms with Crippen molar-refractivity contribution in [2.24, 2.45) is 0 Å². The predicted molar refractivity (Wildman–Crippen MR) is 57.3 cm³/mol. The molecule has 3 rings (SSSR count).